The molecular formula is C23H26N6O. The van der Waals surface area contributed by atoms with Crippen LogP contribution in [0.5, 0.6) is 5.88 Å². The zero-order chi connectivity index (χ0) is 20.2. The zero-order valence-corrected chi connectivity index (χ0v) is 17.1. The van der Waals surface area contributed by atoms with Crippen molar-refractivity contribution in [2.75, 3.05) is 6.54 Å². The third-order valence-corrected chi connectivity index (χ3v) is 5.91. The maximum atomic E-state index is 6.29. The van der Waals surface area contributed by atoms with Crippen LogP contribution in [0.4, 0.5) is 0 Å². The largest absolute Gasteiger partial charge is 0.474 e. The zero-order valence-electron chi connectivity index (χ0n) is 17.1. The average Bonchev–Trinajstić information content (AvgIpc) is 2.81. The molecule has 30 heavy (non-hydrogen) atoms. The van der Waals surface area contributed by atoms with Gasteiger partial charge in [0, 0.05) is 62.0 Å². The highest BCUT2D eigenvalue weighted by Crippen LogP contribution is 2.27. The normalized spacial score (nSPS) is 17.5. The van der Waals surface area contributed by atoms with Gasteiger partial charge in [-0.3, -0.25) is 4.90 Å². The Morgan fingerprint density at radius 2 is 1.90 bits per heavy atom. The van der Waals surface area contributed by atoms with Crippen LogP contribution >= 0.6 is 0 Å². The van der Waals surface area contributed by atoms with Gasteiger partial charge in [-0.1, -0.05) is 12.5 Å². The summed E-state index contributed by atoms with van der Waals surface area (Å²) in [6, 6.07) is 4.13. The van der Waals surface area contributed by atoms with E-state index >= 15 is 0 Å². The molecule has 1 aliphatic carbocycles. The van der Waals surface area contributed by atoms with Crippen molar-refractivity contribution >= 4 is 0 Å². The van der Waals surface area contributed by atoms with Crippen LogP contribution in [0.15, 0.2) is 43.2 Å². The number of hydrogen-bond donors (Lipinski definition) is 0. The molecule has 0 amide bonds. The standard InChI is InChI=1S/C23H26N6O/c1-2-6-20(7-3-1)30-23-17(5-4-9-26-23)14-29-10-8-21-19(15-29)13-27-22(28-21)18-11-24-16-25-12-18/h4-5,9,11-13,16,20H,1-3,6-8,10,14-15H2. The fourth-order valence-corrected chi connectivity index (χ4v) is 4.30. The second-order valence-electron chi connectivity index (χ2n) is 8.10. The van der Waals surface area contributed by atoms with E-state index in [1.165, 1.54) is 31.2 Å². The predicted octanol–water partition coefficient (Wildman–Crippen LogP) is 3.60. The molecule has 1 aliphatic heterocycles. The Morgan fingerprint density at radius 1 is 1.03 bits per heavy atom. The molecule has 7 nitrogen and oxygen atoms in total. The molecule has 1 saturated carbocycles. The maximum absolute atomic E-state index is 6.29. The van der Waals surface area contributed by atoms with Gasteiger partial charge in [0.05, 0.1) is 11.3 Å². The van der Waals surface area contributed by atoms with Crippen LogP contribution < -0.4 is 4.74 Å². The Balaban J connectivity index is 1.28. The van der Waals surface area contributed by atoms with Gasteiger partial charge in [0.2, 0.25) is 5.88 Å². The van der Waals surface area contributed by atoms with Gasteiger partial charge in [0.25, 0.3) is 0 Å². The molecule has 0 atom stereocenters. The lowest BCUT2D eigenvalue weighted by Crippen LogP contribution is -2.31. The van der Waals surface area contributed by atoms with E-state index in [4.69, 9.17) is 9.72 Å². The minimum atomic E-state index is 0.309. The van der Waals surface area contributed by atoms with Crippen molar-refractivity contribution in [1.29, 1.82) is 0 Å². The molecule has 0 spiro atoms. The van der Waals surface area contributed by atoms with E-state index in [1.807, 2.05) is 18.5 Å². The van der Waals surface area contributed by atoms with E-state index in [0.29, 0.717) is 11.9 Å². The van der Waals surface area contributed by atoms with Crippen molar-refractivity contribution in [2.24, 2.45) is 0 Å². The van der Waals surface area contributed by atoms with Gasteiger partial charge in [-0.15, -0.1) is 0 Å². The maximum Gasteiger partial charge on any atom is 0.218 e. The summed E-state index contributed by atoms with van der Waals surface area (Å²) in [6.07, 6.45) is 16.1. The lowest BCUT2D eigenvalue weighted by atomic mass is 9.98. The molecule has 0 radical (unpaired) electrons. The van der Waals surface area contributed by atoms with E-state index in [2.05, 4.69) is 30.9 Å². The van der Waals surface area contributed by atoms with Crippen LogP contribution in [0.2, 0.25) is 0 Å². The SMILES string of the molecule is c1cnc(OC2CCCCC2)c(CN2CCc3nc(-c4cncnc4)ncc3C2)c1. The third-order valence-electron chi connectivity index (χ3n) is 5.91. The molecule has 3 aromatic rings. The van der Waals surface area contributed by atoms with E-state index in [9.17, 15) is 0 Å². The second kappa shape index (κ2) is 8.83. The molecule has 0 N–H and O–H groups in total. The quantitative estimate of drug-likeness (QED) is 0.645. The van der Waals surface area contributed by atoms with Crippen LogP contribution in [0.25, 0.3) is 11.4 Å². The summed E-state index contributed by atoms with van der Waals surface area (Å²) in [5.41, 5.74) is 4.30. The molecule has 0 aromatic carbocycles. The summed E-state index contributed by atoms with van der Waals surface area (Å²) in [7, 11) is 0. The summed E-state index contributed by atoms with van der Waals surface area (Å²) in [4.78, 5) is 24.4. The fourth-order valence-electron chi connectivity index (χ4n) is 4.30. The minimum Gasteiger partial charge on any atom is -0.474 e. The van der Waals surface area contributed by atoms with Crippen molar-refractivity contribution in [2.45, 2.75) is 57.7 Å². The smallest absolute Gasteiger partial charge is 0.218 e. The Labute approximate surface area is 176 Å². The fraction of sp³-hybridized carbons (Fsp3) is 0.435. The summed E-state index contributed by atoms with van der Waals surface area (Å²) >= 11 is 0. The monoisotopic (exact) mass is 402 g/mol. The van der Waals surface area contributed by atoms with Gasteiger partial charge >= 0.3 is 0 Å². The van der Waals surface area contributed by atoms with Crippen LogP contribution in [0, 0.1) is 0 Å². The molecule has 0 unspecified atom stereocenters. The summed E-state index contributed by atoms with van der Waals surface area (Å²) < 4.78 is 6.29. The number of fused-ring (bicyclic) bond motifs is 1. The van der Waals surface area contributed by atoms with E-state index < -0.39 is 0 Å². The molecule has 0 bridgehead atoms. The van der Waals surface area contributed by atoms with Crippen molar-refractivity contribution in [3.8, 4) is 17.3 Å². The topological polar surface area (TPSA) is 76.9 Å². The van der Waals surface area contributed by atoms with Gasteiger partial charge in [0.15, 0.2) is 5.82 Å². The number of pyridine rings is 1. The molecule has 7 heteroatoms. The number of aromatic nitrogens is 5. The average molecular weight is 403 g/mol. The lowest BCUT2D eigenvalue weighted by molar-refractivity contribution is 0.143. The Hall–Kier alpha value is -2.93. The summed E-state index contributed by atoms with van der Waals surface area (Å²) in [5.74, 6) is 1.49. The molecular weight excluding hydrogens is 376 g/mol. The van der Waals surface area contributed by atoms with Gasteiger partial charge in [-0.25, -0.2) is 24.9 Å². The second-order valence-corrected chi connectivity index (χ2v) is 8.10. The molecule has 1 fully saturated rings. The third kappa shape index (κ3) is 4.31. The van der Waals surface area contributed by atoms with Crippen LogP contribution in [-0.4, -0.2) is 42.5 Å². The molecule has 4 heterocycles. The number of rotatable bonds is 5. The number of nitrogens with zero attached hydrogens (tertiary/aromatic N) is 6. The molecule has 2 aliphatic rings. The lowest BCUT2D eigenvalue weighted by Gasteiger charge is -2.29. The van der Waals surface area contributed by atoms with Crippen molar-refractivity contribution in [3.63, 3.8) is 0 Å². The van der Waals surface area contributed by atoms with Crippen LogP contribution in [-0.2, 0) is 19.5 Å². The van der Waals surface area contributed by atoms with Crippen molar-refractivity contribution in [1.82, 2.24) is 29.8 Å². The Morgan fingerprint density at radius 3 is 2.77 bits per heavy atom. The van der Waals surface area contributed by atoms with Gasteiger partial charge in [-0.2, -0.15) is 0 Å². The molecule has 0 saturated heterocycles. The first kappa shape index (κ1) is 19.1. The van der Waals surface area contributed by atoms with Gasteiger partial charge < -0.3 is 4.74 Å². The molecule has 3 aromatic heterocycles. The van der Waals surface area contributed by atoms with Crippen molar-refractivity contribution < 1.29 is 4.74 Å². The summed E-state index contributed by atoms with van der Waals surface area (Å²) in [5, 5.41) is 0. The van der Waals surface area contributed by atoms with E-state index in [-0.39, 0.29) is 0 Å². The predicted molar refractivity (Wildman–Crippen MR) is 113 cm³/mol. The number of ether oxygens (including phenoxy) is 1. The number of hydrogen-bond acceptors (Lipinski definition) is 7. The highest BCUT2D eigenvalue weighted by atomic mass is 16.5. The van der Waals surface area contributed by atoms with Crippen LogP contribution in [0.3, 0.4) is 0 Å². The molecule has 5 rings (SSSR count). The highest BCUT2D eigenvalue weighted by Gasteiger charge is 2.22. The van der Waals surface area contributed by atoms with Gasteiger partial charge in [-0.05, 0) is 31.7 Å². The highest BCUT2D eigenvalue weighted by molar-refractivity contribution is 5.52. The van der Waals surface area contributed by atoms with E-state index in [0.717, 1.165) is 61.6 Å². The van der Waals surface area contributed by atoms with E-state index in [1.54, 1.807) is 12.4 Å². The first-order valence-electron chi connectivity index (χ1n) is 10.8. The summed E-state index contributed by atoms with van der Waals surface area (Å²) in [6.45, 7) is 2.61. The van der Waals surface area contributed by atoms with Crippen molar-refractivity contribution in [3.05, 3.63) is 60.1 Å². The molecule has 154 valence electrons. The first-order chi connectivity index (χ1) is 14.8. The first-order valence-corrected chi connectivity index (χ1v) is 10.8. The van der Waals surface area contributed by atoms with Crippen LogP contribution in [0.1, 0.15) is 48.9 Å². The Kier molecular flexibility index (Phi) is 5.61. The minimum absolute atomic E-state index is 0.309. The Bertz CT molecular complexity index is 990. The van der Waals surface area contributed by atoms with Gasteiger partial charge in [0.1, 0.15) is 12.4 Å².